The van der Waals surface area contributed by atoms with Crippen molar-refractivity contribution in [2.75, 3.05) is 20.2 Å². The number of ether oxygens (including phenoxy) is 1. The lowest BCUT2D eigenvalue weighted by Gasteiger charge is -2.33. The topological polar surface area (TPSA) is 36.3 Å². The Labute approximate surface area is 121 Å². The summed E-state index contributed by atoms with van der Waals surface area (Å²) in [5, 5.41) is 8.93. The van der Waals surface area contributed by atoms with E-state index in [2.05, 4.69) is 6.07 Å². The third kappa shape index (κ3) is 3.88. The van der Waals surface area contributed by atoms with E-state index in [1.807, 2.05) is 4.90 Å². The molecule has 1 heterocycles. The summed E-state index contributed by atoms with van der Waals surface area (Å²) in [6.07, 6.45) is -3.84. The molecule has 0 spiro atoms. The maximum Gasteiger partial charge on any atom is 0.391 e. The largest absolute Gasteiger partial charge is 0.496 e. The van der Waals surface area contributed by atoms with Crippen molar-refractivity contribution < 1.29 is 17.9 Å². The summed E-state index contributed by atoms with van der Waals surface area (Å²) in [7, 11) is 1.54. The highest BCUT2D eigenvalue weighted by Gasteiger charge is 2.41. The van der Waals surface area contributed by atoms with Gasteiger partial charge in [-0.15, -0.1) is 0 Å². The highest BCUT2D eigenvalue weighted by Crippen LogP contribution is 2.34. The number of hydrogen-bond acceptors (Lipinski definition) is 3. The van der Waals surface area contributed by atoms with E-state index in [-0.39, 0.29) is 12.8 Å². The van der Waals surface area contributed by atoms with Crippen LogP contribution in [0.1, 0.15) is 24.0 Å². The molecule has 0 amide bonds. The highest BCUT2D eigenvalue weighted by atomic mass is 19.4. The smallest absolute Gasteiger partial charge is 0.391 e. The minimum absolute atomic E-state index is 0.129. The Kier molecular flexibility index (Phi) is 4.73. The SMILES string of the molecule is COc1ccc(C#N)cc1CN1CCC(C(F)(F)F)CC1. The minimum atomic E-state index is -4.09. The average molecular weight is 298 g/mol. The monoisotopic (exact) mass is 298 g/mol. The molecule has 0 saturated carbocycles. The molecule has 1 aromatic carbocycles. The minimum Gasteiger partial charge on any atom is -0.496 e. The Balaban J connectivity index is 2.02. The van der Waals surface area contributed by atoms with Gasteiger partial charge in [0.2, 0.25) is 0 Å². The Hall–Kier alpha value is -1.74. The molecule has 0 aromatic heterocycles. The summed E-state index contributed by atoms with van der Waals surface area (Å²) in [5.41, 5.74) is 1.36. The first-order chi connectivity index (χ1) is 9.94. The maximum absolute atomic E-state index is 12.6. The van der Waals surface area contributed by atoms with Crippen molar-refractivity contribution in [3.05, 3.63) is 29.3 Å². The first-order valence-electron chi connectivity index (χ1n) is 6.80. The summed E-state index contributed by atoms with van der Waals surface area (Å²) in [4.78, 5) is 1.97. The summed E-state index contributed by atoms with van der Waals surface area (Å²) < 4.78 is 43.2. The summed E-state index contributed by atoms with van der Waals surface area (Å²) >= 11 is 0. The molecule has 0 aliphatic carbocycles. The molecule has 0 radical (unpaired) electrons. The van der Waals surface area contributed by atoms with E-state index in [1.54, 1.807) is 25.3 Å². The molecular formula is C15H17F3N2O. The Morgan fingerprint density at radius 1 is 1.33 bits per heavy atom. The lowest BCUT2D eigenvalue weighted by Crippen LogP contribution is -2.38. The first-order valence-corrected chi connectivity index (χ1v) is 6.80. The van der Waals surface area contributed by atoms with Gasteiger partial charge in [0.15, 0.2) is 0 Å². The number of benzene rings is 1. The number of nitrogens with zero attached hydrogens (tertiary/aromatic N) is 2. The van der Waals surface area contributed by atoms with Gasteiger partial charge in [-0.05, 0) is 44.1 Å². The molecule has 1 aliphatic heterocycles. The Bertz CT molecular complexity index is 529. The van der Waals surface area contributed by atoms with Crippen molar-refractivity contribution in [3.63, 3.8) is 0 Å². The molecule has 0 N–H and O–H groups in total. The van der Waals surface area contributed by atoms with Crippen LogP contribution < -0.4 is 4.74 Å². The third-order valence-corrected chi connectivity index (χ3v) is 3.85. The standard InChI is InChI=1S/C15H17F3N2O/c1-21-14-3-2-11(9-19)8-12(14)10-20-6-4-13(5-7-20)15(16,17)18/h2-3,8,13H,4-7,10H2,1H3. The van der Waals surface area contributed by atoms with Gasteiger partial charge in [-0.25, -0.2) is 0 Å². The van der Waals surface area contributed by atoms with Gasteiger partial charge in [0.25, 0.3) is 0 Å². The second-order valence-corrected chi connectivity index (χ2v) is 5.23. The fourth-order valence-electron chi connectivity index (χ4n) is 2.63. The molecule has 114 valence electrons. The zero-order valence-corrected chi connectivity index (χ0v) is 11.8. The van der Waals surface area contributed by atoms with E-state index >= 15 is 0 Å². The quantitative estimate of drug-likeness (QED) is 0.858. The second kappa shape index (κ2) is 6.35. The van der Waals surface area contributed by atoms with Crippen molar-refractivity contribution in [1.82, 2.24) is 4.90 Å². The van der Waals surface area contributed by atoms with Crippen molar-refractivity contribution >= 4 is 0 Å². The van der Waals surface area contributed by atoms with E-state index in [1.165, 1.54) is 0 Å². The van der Waals surface area contributed by atoms with E-state index < -0.39 is 12.1 Å². The van der Waals surface area contributed by atoms with E-state index in [0.29, 0.717) is 30.9 Å². The van der Waals surface area contributed by atoms with Crippen LogP contribution in [0.5, 0.6) is 5.75 Å². The predicted octanol–water partition coefficient (Wildman–Crippen LogP) is 3.34. The molecule has 0 atom stereocenters. The molecule has 1 saturated heterocycles. The number of rotatable bonds is 3. The number of nitriles is 1. The summed E-state index contributed by atoms with van der Waals surface area (Å²) in [6.45, 7) is 1.32. The van der Waals surface area contributed by atoms with Crippen LogP contribution in [0.2, 0.25) is 0 Å². The van der Waals surface area contributed by atoms with Crippen molar-refractivity contribution in [2.45, 2.75) is 25.6 Å². The summed E-state index contributed by atoms with van der Waals surface area (Å²) in [5.74, 6) is -0.534. The average Bonchev–Trinajstić information content (AvgIpc) is 2.46. The molecule has 1 aromatic rings. The normalized spacial score (nSPS) is 17.5. The summed E-state index contributed by atoms with van der Waals surface area (Å²) in [6, 6.07) is 7.17. The molecular weight excluding hydrogens is 281 g/mol. The predicted molar refractivity (Wildman–Crippen MR) is 71.8 cm³/mol. The number of methoxy groups -OCH3 is 1. The van der Waals surface area contributed by atoms with Crippen LogP contribution in [0.3, 0.4) is 0 Å². The number of likely N-dealkylation sites (tertiary alicyclic amines) is 1. The van der Waals surface area contributed by atoms with Crippen LogP contribution in [0.15, 0.2) is 18.2 Å². The van der Waals surface area contributed by atoms with E-state index in [4.69, 9.17) is 10.00 Å². The lowest BCUT2D eigenvalue weighted by atomic mass is 9.96. The second-order valence-electron chi connectivity index (χ2n) is 5.23. The molecule has 6 heteroatoms. The highest BCUT2D eigenvalue weighted by molar-refractivity contribution is 5.42. The Morgan fingerprint density at radius 2 is 2.00 bits per heavy atom. The zero-order chi connectivity index (χ0) is 15.5. The van der Waals surface area contributed by atoms with Crippen LogP contribution >= 0.6 is 0 Å². The van der Waals surface area contributed by atoms with Crippen molar-refractivity contribution in [2.24, 2.45) is 5.92 Å². The first kappa shape index (κ1) is 15.6. The van der Waals surface area contributed by atoms with Gasteiger partial charge in [0.1, 0.15) is 5.75 Å². The van der Waals surface area contributed by atoms with Crippen molar-refractivity contribution in [3.8, 4) is 11.8 Å². The van der Waals surface area contributed by atoms with Crippen LogP contribution in [-0.4, -0.2) is 31.3 Å². The number of hydrogen-bond donors (Lipinski definition) is 0. The van der Waals surface area contributed by atoms with Crippen LogP contribution in [0.4, 0.5) is 13.2 Å². The zero-order valence-electron chi connectivity index (χ0n) is 11.8. The van der Waals surface area contributed by atoms with Gasteiger partial charge in [-0.2, -0.15) is 18.4 Å². The molecule has 0 bridgehead atoms. The molecule has 21 heavy (non-hydrogen) atoms. The molecule has 0 unspecified atom stereocenters. The van der Waals surface area contributed by atoms with Gasteiger partial charge in [0.05, 0.1) is 24.7 Å². The molecule has 3 nitrogen and oxygen atoms in total. The van der Waals surface area contributed by atoms with Crippen molar-refractivity contribution in [1.29, 1.82) is 5.26 Å². The van der Waals surface area contributed by atoms with Gasteiger partial charge in [0, 0.05) is 12.1 Å². The van der Waals surface area contributed by atoms with Crippen LogP contribution in [-0.2, 0) is 6.54 Å². The fourth-order valence-corrected chi connectivity index (χ4v) is 2.63. The van der Waals surface area contributed by atoms with E-state index in [0.717, 1.165) is 5.56 Å². The lowest BCUT2D eigenvalue weighted by molar-refractivity contribution is -0.185. The maximum atomic E-state index is 12.6. The molecule has 1 fully saturated rings. The molecule has 1 aliphatic rings. The van der Waals surface area contributed by atoms with Gasteiger partial charge >= 0.3 is 6.18 Å². The van der Waals surface area contributed by atoms with Gasteiger partial charge in [-0.1, -0.05) is 0 Å². The van der Waals surface area contributed by atoms with E-state index in [9.17, 15) is 13.2 Å². The number of halogens is 3. The van der Waals surface area contributed by atoms with Crippen LogP contribution in [0.25, 0.3) is 0 Å². The van der Waals surface area contributed by atoms with Gasteiger partial charge < -0.3 is 4.74 Å². The number of piperidine rings is 1. The molecule has 2 rings (SSSR count). The number of alkyl halides is 3. The van der Waals surface area contributed by atoms with Gasteiger partial charge in [-0.3, -0.25) is 4.90 Å². The third-order valence-electron chi connectivity index (χ3n) is 3.85. The fraction of sp³-hybridized carbons (Fsp3) is 0.533. The Morgan fingerprint density at radius 3 is 2.52 bits per heavy atom. The van der Waals surface area contributed by atoms with Crippen LogP contribution in [0, 0.1) is 17.2 Å².